The Morgan fingerprint density at radius 1 is 0.684 bits per heavy atom. The van der Waals surface area contributed by atoms with E-state index in [2.05, 4.69) is 133 Å². The Kier molecular flexibility index (Phi) is 5.54. The molecular formula is C36H39NO. The molecule has 0 radical (unpaired) electrons. The molecule has 0 fully saturated rings. The molecule has 0 bridgehead atoms. The van der Waals surface area contributed by atoms with E-state index in [1.807, 2.05) is 0 Å². The monoisotopic (exact) mass is 501 g/mol. The van der Waals surface area contributed by atoms with Gasteiger partial charge in [0.2, 0.25) is 0 Å². The molecular weight excluding hydrogens is 462 g/mol. The number of rotatable bonds is 3. The largest absolute Gasteiger partial charge is 0.456 e. The number of hydrogen-bond donors (Lipinski definition) is 1. The summed E-state index contributed by atoms with van der Waals surface area (Å²) in [7, 11) is 0. The summed E-state index contributed by atoms with van der Waals surface area (Å²) in [5.41, 5.74) is 11.2. The molecule has 0 unspecified atom stereocenters. The average molecular weight is 502 g/mol. The fourth-order valence-corrected chi connectivity index (χ4v) is 6.05. The van der Waals surface area contributed by atoms with Crippen LogP contribution in [0.1, 0.15) is 78.0 Å². The van der Waals surface area contributed by atoms with Gasteiger partial charge in [-0.1, -0.05) is 84.9 Å². The molecule has 194 valence electrons. The zero-order chi connectivity index (χ0) is 26.9. The van der Waals surface area contributed by atoms with E-state index in [0.29, 0.717) is 0 Å². The van der Waals surface area contributed by atoms with Crippen LogP contribution in [-0.4, -0.2) is 0 Å². The van der Waals surface area contributed by atoms with Crippen molar-refractivity contribution in [2.24, 2.45) is 0 Å². The third-order valence-electron chi connectivity index (χ3n) is 8.69. The van der Waals surface area contributed by atoms with E-state index in [4.69, 9.17) is 4.42 Å². The van der Waals surface area contributed by atoms with Crippen LogP contribution in [0.5, 0.6) is 0 Å². The van der Waals surface area contributed by atoms with E-state index < -0.39 is 0 Å². The molecule has 4 aromatic carbocycles. The average Bonchev–Trinajstić information content (AvgIpc) is 3.23. The number of fused-ring (bicyclic) bond motifs is 4. The fraction of sp³-hybridized carbons (Fsp3) is 0.333. The molecule has 1 aliphatic rings. The second-order valence-electron chi connectivity index (χ2n) is 13.5. The molecule has 0 saturated heterocycles. The molecule has 0 amide bonds. The SMILES string of the molecule is CC(C)(C)c1ccc(Nc2ccc3oc4cc5c(cc4c3c2)C(C)(C)CCC5(C)C)c(-c2ccccc2)c1. The predicted molar refractivity (Wildman–Crippen MR) is 163 cm³/mol. The fourth-order valence-electron chi connectivity index (χ4n) is 6.05. The van der Waals surface area contributed by atoms with Gasteiger partial charge in [0.05, 0.1) is 0 Å². The molecule has 1 aromatic heterocycles. The molecule has 1 heterocycles. The first-order valence-corrected chi connectivity index (χ1v) is 13.9. The Bertz CT molecular complexity index is 1660. The molecule has 2 nitrogen and oxygen atoms in total. The van der Waals surface area contributed by atoms with Crippen LogP contribution in [0.2, 0.25) is 0 Å². The highest BCUT2D eigenvalue weighted by Gasteiger charge is 2.37. The minimum Gasteiger partial charge on any atom is -0.456 e. The van der Waals surface area contributed by atoms with Crippen molar-refractivity contribution in [1.82, 2.24) is 0 Å². The molecule has 2 heteroatoms. The summed E-state index contributed by atoms with van der Waals surface area (Å²) >= 11 is 0. The van der Waals surface area contributed by atoms with Gasteiger partial charge >= 0.3 is 0 Å². The van der Waals surface area contributed by atoms with E-state index in [9.17, 15) is 0 Å². The van der Waals surface area contributed by atoms with Gasteiger partial charge in [0.1, 0.15) is 11.2 Å². The number of hydrogen-bond acceptors (Lipinski definition) is 2. The summed E-state index contributed by atoms with van der Waals surface area (Å²) in [6, 6.07) is 28.7. The number of nitrogens with one attached hydrogen (secondary N) is 1. The molecule has 1 aliphatic carbocycles. The van der Waals surface area contributed by atoms with Gasteiger partial charge in [-0.15, -0.1) is 0 Å². The summed E-state index contributed by atoms with van der Waals surface area (Å²) in [6.45, 7) is 16.3. The molecule has 0 aliphatic heterocycles. The highest BCUT2D eigenvalue weighted by molar-refractivity contribution is 6.07. The standard InChI is InChI=1S/C36H39NO/c1-34(2,3)24-13-15-31(26(19-24)23-11-9-8-10-12-23)37-25-14-16-32-27(20-25)28-21-29-30(22-33(28)38-32)36(6,7)18-17-35(29,4)5/h8-16,19-22,37H,17-18H2,1-7H3. The van der Waals surface area contributed by atoms with Crippen LogP contribution in [-0.2, 0) is 16.2 Å². The molecule has 1 N–H and O–H groups in total. The summed E-state index contributed by atoms with van der Waals surface area (Å²) in [5.74, 6) is 0. The van der Waals surface area contributed by atoms with E-state index in [1.54, 1.807) is 0 Å². The van der Waals surface area contributed by atoms with Gasteiger partial charge < -0.3 is 9.73 Å². The lowest BCUT2D eigenvalue weighted by Crippen LogP contribution is -2.33. The summed E-state index contributed by atoms with van der Waals surface area (Å²) in [5, 5.41) is 6.12. The molecule has 6 rings (SSSR count). The van der Waals surface area contributed by atoms with E-state index in [1.165, 1.54) is 51.4 Å². The van der Waals surface area contributed by atoms with Crippen molar-refractivity contribution in [3.8, 4) is 11.1 Å². The number of benzene rings is 4. The van der Waals surface area contributed by atoms with Crippen molar-refractivity contribution in [3.05, 3.63) is 95.6 Å². The quantitative estimate of drug-likeness (QED) is 0.266. The zero-order valence-corrected chi connectivity index (χ0v) is 23.8. The van der Waals surface area contributed by atoms with Crippen molar-refractivity contribution < 1.29 is 4.42 Å². The second-order valence-corrected chi connectivity index (χ2v) is 13.5. The zero-order valence-electron chi connectivity index (χ0n) is 23.8. The van der Waals surface area contributed by atoms with Crippen LogP contribution in [0, 0.1) is 0 Å². The van der Waals surface area contributed by atoms with Crippen LogP contribution in [0.15, 0.2) is 83.3 Å². The highest BCUT2D eigenvalue weighted by Crippen LogP contribution is 2.48. The van der Waals surface area contributed by atoms with Crippen molar-refractivity contribution in [3.63, 3.8) is 0 Å². The third kappa shape index (κ3) is 4.21. The maximum atomic E-state index is 6.40. The van der Waals surface area contributed by atoms with Gasteiger partial charge in [0.25, 0.3) is 0 Å². The minimum atomic E-state index is 0.0815. The van der Waals surface area contributed by atoms with Crippen LogP contribution in [0.3, 0.4) is 0 Å². The van der Waals surface area contributed by atoms with Gasteiger partial charge in [0, 0.05) is 27.7 Å². The maximum Gasteiger partial charge on any atom is 0.135 e. The smallest absolute Gasteiger partial charge is 0.135 e. The van der Waals surface area contributed by atoms with Gasteiger partial charge in [-0.3, -0.25) is 0 Å². The molecule has 0 atom stereocenters. The van der Waals surface area contributed by atoms with Crippen molar-refractivity contribution in [1.29, 1.82) is 0 Å². The van der Waals surface area contributed by atoms with Gasteiger partial charge in [-0.25, -0.2) is 0 Å². The van der Waals surface area contributed by atoms with Gasteiger partial charge in [-0.2, -0.15) is 0 Å². The Hall–Kier alpha value is -3.52. The van der Waals surface area contributed by atoms with Crippen LogP contribution in [0.4, 0.5) is 11.4 Å². The van der Waals surface area contributed by atoms with Crippen LogP contribution in [0.25, 0.3) is 33.1 Å². The number of anilines is 2. The van der Waals surface area contributed by atoms with Crippen molar-refractivity contribution >= 4 is 33.3 Å². The normalized spacial score (nSPS) is 16.5. The Morgan fingerprint density at radius 2 is 1.34 bits per heavy atom. The lowest BCUT2D eigenvalue weighted by Gasteiger charge is -2.41. The lowest BCUT2D eigenvalue weighted by atomic mass is 9.63. The first-order chi connectivity index (χ1) is 17.9. The topological polar surface area (TPSA) is 25.2 Å². The molecule has 38 heavy (non-hydrogen) atoms. The first kappa shape index (κ1) is 24.8. The van der Waals surface area contributed by atoms with Crippen molar-refractivity contribution in [2.45, 2.75) is 77.6 Å². The van der Waals surface area contributed by atoms with Gasteiger partial charge in [-0.05, 0) is 93.8 Å². The van der Waals surface area contributed by atoms with Crippen LogP contribution >= 0.6 is 0 Å². The molecule has 0 saturated carbocycles. The Labute approximate surface area is 227 Å². The number of furan rings is 1. The summed E-state index contributed by atoms with van der Waals surface area (Å²) in [4.78, 5) is 0. The van der Waals surface area contributed by atoms with E-state index >= 15 is 0 Å². The van der Waals surface area contributed by atoms with Gasteiger partial charge in [0.15, 0.2) is 0 Å². The first-order valence-electron chi connectivity index (χ1n) is 13.9. The third-order valence-corrected chi connectivity index (χ3v) is 8.69. The van der Waals surface area contributed by atoms with E-state index in [-0.39, 0.29) is 16.2 Å². The predicted octanol–water partition coefficient (Wildman–Crippen LogP) is 10.6. The second kappa shape index (κ2) is 8.50. The minimum absolute atomic E-state index is 0.0815. The van der Waals surface area contributed by atoms with E-state index in [0.717, 1.165) is 22.5 Å². The van der Waals surface area contributed by atoms with Crippen LogP contribution < -0.4 is 5.32 Å². The Balaban J connectivity index is 1.47. The molecule has 0 spiro atoms. The summed E-state index contributed by atoms with van der Waals surface area (Å²) in [6.07, 6.45) is 2.40. The highest BCUT2D eigenvalue weighted by atomic mass is 16.3. The molecule has 5 aromatic rings. The lowest BCUT2D eigenvalue weighted by molar-refractivity contribution is 0.332. The Morgan fingerprint density at radius 3 is 2.03 bits per heavy atom. The summed E-state index contributed by atoms with van der Waals surface area (Å²) < 4.78 is 6.40. The van der Waals surface area contributed by atoms with Crippen molar-refractivity contribution in [2.75, 3.05) is 5.32 Å². The maximum absolute atomic E-state index is 6.40.